The molecule has 0 spiro atoms. The van der Waals surface area contributed by atoms with Gasteiger partial charge in [0.15, 0.2) is 16.3 Å². The van der Waals surface area contributed by atoms with E-state index in [0.717, 1.165) is 0 Å². The summed E-state index contributed by atoms with van der Waals surface area (Å²) < 4.78 is 18.3. The zero-order chi connectivity index (χ0) is 25.3. The minimum atomic E-state index is -0.733. The second-order valence-electron chi connectivity index (χ2n) is 7.63. The van der Waals surface area contributed by atoms with E-state index in [4.69, 9.17) is 14.2 Å². The molecule has 1 aliphatic heterocycles. The molecule has 4 rings (SSSR count). The third-order valence-electron chi connectivity index (χ3n) is 5.50. The fraction of sp³-hybridized carbons (Fsp3) is 0.240. The zero-order valence-electron chi connectivity index (χ0n) is 19.5. The number of ether oxygens (including phenoxy) is 3. The highest BCUT2D eigenvalue weighted by atomic mass is 79.9. The van der Waals surface area contributed by atoms with Gasteiger partial charge in [-0.1, -0.05) is 23.5 Å². The van der Waals surface area contributed by atoms with Gasteiger partial charge >= 0.3 is 5.97 Å². The van der Waals surface area contributed by atoms with Crippen molar-refractivity contribution < 1.29 is 24.1 Å². The molecule has 35 heavy (non-hydrogen) atoms. The number of carbonyl (C=O) groups excluding carboxylic acids is 1. The number of aromatic hydroxyl groups is 1. The summed E-state index contributed by atoms with van der Waals surface area (Å²) in [6.07, 6.45) is 1.70. The average Bonchev–Trinajstić information content (AvgIpc) is 3.14. The summed E-state index contributed by atoms with van der Waals surface area (Å²) in [4.78, 5) is 31.7. The first-order valence-electron chi connectivity index (χ1n) is 10.7. The summed E-state index contributed by atoms with van der Waals surface area (Å²) in [7, 11) is 3.01. The van der Waals surface area contributed by atoms with Crippen LogP contribution in [0.1, 0.15) is 31.0 Å². The number of nitrogens with zero attached hydrogens (tertiary/aromatic N) is 2. The molecule has 1 aliphatic rings. The Morgan fingerprint density at radius 3 is 2.71 bits per heavy atom. The van der Waals surface area contributed by atoms with Gasteiger partial charge < -0.3 is 19.3 Å². The van der Waals surface area contributed by atoms with Crippen LogP contribution in [-0.2, 0) is 9.53 Å². The molecule has 1 aromatic heterocycles. The summed E-state index contributed by atoms with van der Waals surface area (Å²) in [6.45, 7) is 3.66. The Hall–Kier alpha value is -3.37. The van der Waals surface area contributed by atoms with E-state index < -0.39 is 12.0 Å². The van der Waals surface area contributed by atoms with Gasteiger partial charge in [0.05, 0.1) is 47.1 Å². The lowest BCUT2D eigenvalue weighted by molar-refractivity contribution is -0.139. The molecule has 8 nitrogen and oxygen atoms in total. The van der Waals surface area contributed by atoms with Gasteiger partial charge in [0.1, 0.15) is 5.75 Å². The Morgan fingerprint density at radius 2 is 2.03 bits per heavy atom. The van der Waals surface area contributed by atoms with Gasteiger partial charge in [-0.15, -0.1) is 0 Å². The Balaban J connectivity index is 1.96. The van der Waals surface area contributed by atoms with Gasteiger partial charge in [-0.3, -0.25) is 9.36 Å². The predicted octanol–water partition coefficient (Wildman–Crippen LogP) is 3.28. The molecule has 182 valence electrons. The monoisotopic (exact) mass is 558 g/mol. The smallest absolute Gasteiger partial charge is 0.338 e. The highest BCUT2D eigenvalue weighted by Crippen LogP contribution is 2.35. The third kappa shape index (κ3) is 4.63. The quantitative estimate of drug-likeness (QED) is 0.466. The second kappa shape index (κ2) is 10.1. The van der Waals surface area contributed by atoms with Crippen LogP contribution in [0.15, 0.2) is 61.9 Å². The fourth-order valence-corrected chi connectivity index (χ4v) is 5.41. The lowest BCUT2D eigenvalue weighted by Gasteiger charge is -2.25. The number of thiazole rings is 1. The van der Waals surface area contributed by atoms with Gasteiger partial charge in [-0.2, -0.15) is 0 Å². The predicted molar refractivity (Wildman–Crippen MR) is 136 cm³/mol. The number of phenols is 1. The number of fused-ring (bicyclic) bond motifs is 1. The molecule has 1 N–H and O–H groups in total. The number of rotatable bonds is 6. The van der Waals surface area contributed by atoms with Crippen LogP contribution in [0.5, 0.6) is 17.2 Å². The lowest BCUT2D eigenvalue weighted by atomic mass is 9.95. The number of benzene rings is 2. The Bertz CT molecular complexity index is 1520. The van der Waals surface area contributed by atoms with E-state index in [0.29, 0.717) is 42.0 Å². The lowest BCUT2D eigenvalue weighted by Crippen LogP contribution is -2.39. The number of phenolic OH excluding ortho intramolecular Hbond substituents is 1. The Morgan fingerprint density at radius 1 is 1.26 bits per heavy atom. The number of aromatic nitrogens is 1. The van der Waals surface area contributed by atoms with Crippen LogP contribution in [0.25, 0.3) is 6.08 Å². The maximum Gasteiger partial charge on any atom is 0.338 e. The van der Waals surface area contributed by atoms with Crippen molar-refractivity contribution >= 4 is 39.3 Å². The normalized spacial score (nSPS) is 15.5. The van der Waals surface area contributed by atoms with E-state index in [1.54, 1.807) is 51.3 Å². The summed E-state index contributed by atoms with van der Waals surface area (Å²) in [6, 6.07) is 9.82. The van der Waals surface area contributed by atoms with Crippen LogP contribution >= 0.6 is 27.3 Å². The van der Waals surface area contributed by atoms with Crippen molar-refractivity contribution in [1.82, 2.24) is 4.57 Å². The first-order valence-corrected chi connectivity index (χ1v) is 12.3. The van der Waals surface area contributed by atoms with E-state index in [2.05, 4.69) is 20.9 Å². The zero-order valence-corrected chi connectivity index (χ0v) is 21.9. The van der Waals surface area contributed by atoms with Crippen molar-refractivity contribution in [3.05, 3.63) is 83.0 Å². The van der Waals surface area contributed by atoms with Crippen molar-refractivity contribution in [1.29, 1.82) is 0 Å². The van der Waals surface area contributed by atoms with Gasteiger partial charge in [0.2, 0.25) is 0 Å². The second-order valence-corrected chi connectivity index (χ2v) is 9.50. The minimum Gasteiger partial charge on any atom is -0.503 e. The minimum absolute atomic E-state index is 0.0289. The van der Waals surface area contributed by atoms with Crippen LogP contribution in [0.3, 0.4) is 0 Å². The molecule has 1 unspecified atom stereocenters. The third-order valence-corrected chi connectivity index (χ3v) is 7.08. The molecule has 1 atom stereocenters. The summed E-state index contributed by atoms with van der Waals surface area (Å²) >= 11 is 4.52. The highest BCUT2D eigenvalue weighted by Gasteiger charge is 2.33. The molecule has 10 heteroatoms. The van der Waals surface area contributed by atoms with Crippen molar-refractivity contribution in [2.75, 3.05) is 20.8 Å². The fourth-order valence-electron chi connectivity index (χ4n) is 3.90. The summed E-state index contributed by atoms with van der Waals surface area (Å²) in [5, 5.41) is 10.1. The van der Waals surface area contributed by atoms with E-state index in [9.17, 15) is 14.7 Å². The van der Waals surface area contributed by atoms with Gasteiger partial charge in [-0.05, 0) is 71.2 Å². The molecule has 3 aromatic rings. The van der Waals surface area contributed by atoms with Gasteiger partial charge in [0, 0.05) is 0 Å². The molecule has 2 aromatic carbocycles. The first kappa shape index (κ1) is 24.7. The van der Waals surface area contributed by atoms with E-state index in [1.165, 1.54) is 23.0 Å². The largest absolute Gasteiger partial charge is 0.503 e. The maximum absolute atomic E-state index is 13.7. The van der Waals surface area contributed by atoms with Gasteiger partial charge in [0.25, 0.3) is 5.56 Å². The van der Waals surface area contributed by atoms with Crippen LogP contribution in [0.2, 0.25) is 0 Å². The van der Waals surface area contributed by atoms with Crippen molar-refractivity contribution in [2.45, 2.75) is 19.9 Å². The number of allylic oxidation sites excluding steroid dienone is 1. The first-order chi connectivity index (χ1) is 16.8. The molecule has 0 saturated heterocycles. The molecule has 0 saturated carbocycles. The SMILES string of the molecule is CCOC(=O)C1=C(C)N=c2sc(=Cc3cc(Br)c(O)c(OC)c3)c(=O)n2C1c1cccc(OC)c1. The van der Waals surface area contributed by atoms with Crippen LogP contribution < -0.4 is 24.4 Å². The Kier molecular flexibility index (Phi) is 7.13. The highest BCUT2D eigenvalue weighted by molar-refractivity contribution is 9.10. The summed E-state index contributed by atoms with van der Waals surface area (Å²) in [5.74, 6) is 0.318. The van der Waals surface area contributed by atoms with Gasteiger partial charge in [-0.25, -0.2) is 9.79 Å². The molecule has 0 fully saturated rings. The number of halogens is 1. The van der Waals surface area contributed by atoms with Crippen molar-refractivity contribution in [3.8, 4) is 17.2 Å². The number of esters is 1. The molecule has 2 heterocycles. The van der Waals surface area contributed by atoms with Crippen molar-refractivity contribution in [3.63, 3.8) is 0 Å². The van der Waals surface area contributed by atoms with E-state index >= 15 is 0 Å². The molecule has 0 amide bonds. The molecule has 0 radical (unpaired) electrons. The molecular weight excluding hydrogens is 536 g/mol. The van der Waals surface area contributed by atoms with Crippen LogP contribution in [0, 0.1) is 0 Å². The standard InChI is InChI=1S/C25H23BrN2O6S/c1-5-34-24(31)20-13(2)27-25-28(21(20)15-7-6-8-16(12-15)32-3)23(30)19(35-25)11-14-9-17(26)22(29)18(10-14)33-4/h6-12,21,29H,5H2,1-4H3. The number of carbonyl (C=O) groups is 1. The average molecular weight is 559 g/mol. The molecular formula is C25H23BrN2O6S. The summed E-state index contributed by atoms with van der Waals surface area (Å²) in [5.41, 5.74) is 1.82. The van der Waals surface area contributed by atoms with Crippen LogP contribution in [-0.4, -0.2) is 36.5 Å². The number of methoxy groups -OCH3 is 2. The number of hydrogen-bond donors (Lipinski definition) is 1. The van der Waals surface area contributed by atoms with Crippen molar-refractivity contribution in [2.24, 2.45) is 4.99 Å². The molecule has 0 bridgehead atoms. The molecule has 0 aliphatic carbocycles. The van der Waals surface area contributed by atoms with E-state index in [-0.39, 0.29) is 23.7 Å². The maximum atomic E-state index is 13.7. The topological polar surface area (TPSA) is 99.4 Å². The van der Waals surface area contributed by atoms with E-state index in [1.807, 2.05) is 12.1 Å². The Labute approximate surface area is 213 Å². The number of hydrogen-bond acceptors (Lipinski definition) is 8. The van der Waals surface area contributed by atoms with Crippen LogP contribution in [0.4, 0.5) is 0 Å².